The molecule has 0 saturated carbocycles. The average molecular weight is 536 g/mol. The molecule has 2 aromatic carbocycles. The number of carbonyl (C=O) groups is 3. The lowest BCUT2D eigenvalue weighted by atomic mass is 9.90. The molecule has 0 aliphatic carbocycles. The van der Waals surface area contributed by atoms with Gasteiger partial charge in [-0.3, -0.25) is 14.4 Å². The van der Waals surface area contributed by atoms with Gasteiger partial charge in [0, 0.05) is 23.4 Å². The van der Waals surface area contributed by atoms with Crippen molar-refractivity contribution < 1.29 is 19.1 Å². The molecule has 0 saturated heterocycles. The number of rotatable bonds is 22. The van der Waals surface area contributed by atoms with E-state index in [0.717, 1.165) is 18.7 Å². The molecule has 1 N–H and O–H groups in total. The number of ketones is 2. The minimum atomic E-state index is -1.50. The molecule has 5 nitrogen and oxygen atoms in total. The molecule has 214 valence electrons. The SMILES string of the molecule is CCCCCCCCCCCCCCCCNc1ccc(C(=O)C(C(=O)OCC)C(=O)c2ccccc2)cc1. The van der Waals surface area contributed by atoms with Crippen molar-refractivity contribution in [2.75, 3.05) is 18.5 Å². The summed E-state index contributed by atoms with van der Waals surface area (Å²) in [5.41, 5.74) is 1.55. The predicted octanol–water partition coefficient (Wildman–Crippen LogP) is 8.82. The van der Waals surface area contributed by atoms with Crippen molar-refractivity contribution in [1.29, 1.82) is 0 Å². The van der Waals surface area contributed by atoms with Gasteiger partial charge in [0.25, 0.3) is 0 Å². The Hall–Kier alpha value is -2.95. The van der Waals surface area contributed by atoms with E-state index in [9.17, 15) is 14.4 Å². The van der Waals surface area contributed by atoms with Crippen LogP contribution in [0.3, 0.4) is 0 Å². The van der Waals surface area contributed by atoms with Gasteiger partial charge in [0.1, 0.15) is 0 Å². The highest BCUT2D eigenvalue weighted by molar-refractivity contribution is 6.26. The molecule has 0 bridgehead atoms. The molecule has 0 aromatic heterocycles. The van der Waals surface area contributed by atoms with Crippen molar-refractivity contribution in [2.24, 2.45) is 5.92 Å². The number of carbonyl (C=O) groups excluding carboxylic acids is 3. The lowest BCUT2D eigenvalue weighted by Gasteiger charge is -2.14. The zero-order valence-electron chi connectivity index (χ0n) is 24.2. The Bertz CT molecular complexity index is 955. The molecule has 39 heavy (non-hydrogen) atoms. The summed E-state index contributed by atoms with van der Waals surface area (Å²) in [6.07, 6.45) is 18.8. The maximum Gasteiger partial charge on any atom is 0.324 e. The smallest absolute Gasteiger partial charge is 0.324 e. The maximum absolute atomic E-state index is 13.2. The van der Waals surface area contributed by atoms with Crippen molar-refractivity contribution in [3.63, 3.8) is 0 Å². The number of hydrogen-bond donors (Lipinski definition) is 1. The third-order valence-electron chi connectivity index (χ3n) is 7.13. The normalized spacial score (nSPS) is 11.6. The van der Waals surface area contributed by atoms with E-state index in [4.69, 9.17) is 4.74 Å². The van der Waals surface area contributed by atoms with E-state index in [1.54, 1.807) is 49.4 Å². The van der Waals surface area contributed by atoms with Crippen LogP contribution >= 0.6 is 0 Å². The second-order valence-corrected chi connectivity index (χ2v) is 10.4. The van der Waals surface area contributed by atoms with E-state index in [1.807, 2.05) is 12.1 Å². The van der Waals surface area contributed by atoms with Crippen LogP contribution in [0, 0.1) is 5.92 Å². The third kappa shape index (κ3) is 12.6. The molecule has 0 aliphatic rings. The predicted molar refractivity (Wildman–Crippen MR) is 160 cm³/mol. The standard InChI is InChI=1S/C34H49NO4/c1-3-5-6-7-8-9-10-11-12-13-14-15-16-20-27-35-30-25-23-29(24-26-30)33(37)31(34(38)39-4-2)32(36)28-21-18-17-19-22-28/h17-19,21-26,31,35H,3-16,20,27H2,1-2H3. The molecule has 0 radical (unpaired) electrons. The fourth-order valence-electron chi connectivity index (χ4n) is 4.80. The summed E-state index contributed by atoms with van der Waals surface area (Å²) in [5.74, 6) is -3.39. The molecule has 0 fully saturated rings. The number of anilines is 1. The van der Waals surface area contributed by atoms with Gasteiger partial charge in [-0.25, -0.2) is 0 Å². The van der Waals surface area contributed by atoms with Crippen LogP contribution in [0.1, 0.15) is 124 Å². The number of benzene rings is 2. The first kappa shape index (κ1) is 32.3. The highest BCUT2D eigenvalue weighted by Gasteiger charge is 2.36. The first-order valence-electron chi connectivity index (χ1n) is 15.2. The summed E-state index contributed by atoms with van der Waals surface area (Å²) >= 11 is 0. The van der Waals surface area contributed by atoms with E-state index in [1.165, 1.54) is 83.5 Å². The van der Waals surface area contributed by atoms with Gasteiger partial charge in [0.05, 0.1) is 6.61 Å². The van der Waals surface area contributed by atoms with Gasteiger partial charge in [-0.2, -0.15) is 0 Å². The Kier molecular flexibility index (Phi) is 16.6. The van der Waals surface area contributed by atoms with Crippen molar-refractivity contribution in [3.05, 3.63) is 65.7 Å². The van der Waals surface area contributed by atoms with Gasteiger partial charge in [0.15, 0.2) is 17.5 Å². The van der Waals surface area contributed by atoms with Crippen molar-refractivity contribution >= 4 is 23.2 Å². The summed E-state index contributed by atoms with van der Waals surface area (Å²) < 4.78 is 5.06. The quantitative estimate of drug-likeness (QED) is 0.0706. The number of nitrogens with one attached hydrogen (secondary N) is 1. The summed E-state index contributed by atoms with van der Waals surface area (Å²) in [5, 5.41) is 3.41. The van der Waals surface area contributed by atoms with Crippen LogP contribution in [-0.4, -0.2) is 30.7 Å². The largest absolute Gasteiger partial charge is 0.465 e. The average Bonchev–Trinajstić information content (AvgIpc) is 2.96. The van der Waals surface area contributed by atoms with Crippen molar-refractivity contribution in [2.45, 2.75) is 104 Å². The number of unbranched alkanes of at least 4 members (excludes halogenated alkanes) is 13. The summed E-state index contributed by atoms with van der Waals surface area (Å²) in [6.45, 7) is 4.91. The second kappa shape index (κ2) is 20.0. The van der Waals surface area contributed by atoms with Crippen LogP contribution in [0.4, 0.5) is 5.69 Å². The van der Waals surface area contributed by atoms with Gasteiger partial charge in [0.2, 0.25) is 0 Å². The van der Waals surface area contributed by atoms with E-state index < -0.39 is 23.5 Å². The minimum Gasteiger partial charge on any atom is -0.465 e. The molecular formula is C34H49NO4. The fraction of sp³-hybridized carbons (Fsp3) is 0.559. The highest BCUT2D eigenvalue weighted by Crippen LogP contribution is 2.19. The maximum atomic E-state index is 13.2. The first-order chi connectivity index (χ1) is 19.1. The van der Waals surface area contributed by atoms with Gasteiger partial charge >= 0.3 is 5.97 Å². The van der Waals surface area contributed by atoms with E-state index in [0.29, 0.717) is 11.1 Å². The molecule has 2 rings (SSSR count). The molecule has 0 aliphatic heterocycles. The lowest BCUT2D eigenvalue weighted by molar-refractivity contribution is -0.144. The first-order valence-corrected chi connectivity index (χ1v) is 15.2. The van der Waals surface area contributed by atoms with E-state index in [2.05, 4.69) is 12.2 Å². The van der Waals surface area contributed by atoms with Crippen molar-refractivity contribution in [1.82, 2.24) is 0 Å². The molecule has 0 heterocycles. The molecule has 1 atom stereocenters. The van der Waals surface area contributed by atoms with Crippen LogP contribution in [0.5, 0.6) is 0 Å². The Morgan fingerprint density at radius 2 is 1.08 bits per heavy atom. The van der Waals surface area contributed by atoms with Crippen LogP contribution < -0.4 is 5.32 Å². The van der Waals surface area contributed by atoms with Crippen LogP contribution in [0.2, 0.25) is 0 Å². The van der Waals surface area contributed by atoms with Crippen LogP contribution in [0.25, 0.3) is 0 Å². The fourth-order valence-corrected chi connectivity index (χ4v) is 4.80. The number of ether oxygens (including phenoxy) is 1. The summed E-state index contributed by atoms with van der Waals surface area (Å²) in [7, 11) is 0. The molecule has 0 spiro atoms. The van der Waals surface area contributed by atoms with Gasteiger partial charge < -0.3 is 10.1 Å². The topological polar surface area (TPSA) is 72.5 Å². The Morgan fingerprint density at radius 1 is 0.615 bits per heavy atom. The van der Waals surface area contributed by atoms with Gasteiger partial charge in [-0.1, -0.05) is 121 Å². The number of Topliss-reactive ketones (excluding diaryl/α,β-unsaturated/α-hetero) is 2. The zero-order valence-corrected chi connectivity index (χ0v) is 24.2. The molecule has 0 amide bonds. The van der Waals surface area contributed by atoms with Crippen molar-refractivity contribution in [3.8, 4) is 0 Å². The van der Waals surface area contributed by atoms with Crippen LogP contribution in [0.15, 0.2) is 54.6 Å². The third-order valence-corrected chi connectivity index (χ3v) is 7.13. The molecule has 1 unspecified atom stereocenters. The Labute approximate surface area is 236 Å². The molecular weight excluding hydrogens is 486 g/mol. The zero-order chi connectivity index (χ0) is 28.1. The van der Waals surface area contributed by atoms with E-state index >= 15 is 0 Å². The Morgan fingerprint density at radius 3 is 1.56 bits per heavy atom. The van der Waals surface area contributed by atoms with Gasteiger partial charge in [-0.15, -0.1) is 0 Å². The number of esters is 1. The summed E-state index contributed by atoms with van der Waals surface area (Å²) in [4.78, 5) is 38.7. The minimum absolute atomic E-state index is 0.104. The number of hydrogen-bond acceptors (Lipinski definition) is 5. The lowest BCUT2D eigenvalue weighted by Crippen LogP contribution is -2.33. The van der Waals surface area contributed by atoms with E-state index in [-0.39, 0.29) is 6.61 Å². The Balaban J connectivity index is 1.66. The van der Waals surface area contributed by atoms with Gasteiger partial charge in [-0.05, 0) is 37.6 Å². The molecule has 5 heteroatoms. The second-order valence-electron chi connectivity index (χ2n) is 10.4. The molecule has 2 aromatic rings. The highest BCUT2D eigenvalue weighted by atomic mass is 16.5. The van der Waals surface area contributed by atoms with Crippen LogP contribution in [-0.2, 0) is 9.53 Å². The summed E-state index contributed by atoms with van der Waals surface area (Å²) in [6, 6.07) is 15.4. The monoisotopic (exact) mass is 535 g/mol.